The van der Waals surface area contributed by atoms with Gasteiger partial charge in [-0.15, -0.1) is 0 Å². The lowest BCUT2D eigenvalue weighted by Crippen LogP contribution is -2.23. The Morgan fingerprint density at radius 3 is 2.61 bits per heavy atom. The molecule has 3 aliphatic rings. The molecule has 6 nitrogen and oxygen atoms in total. The van der Waals surface area contributed by atoms with Crippen molar-refractivity contribution in [2.75, 3.05) is 11.4 Å². The molecular formula is C22H20N2O4. The van der Waals surface area contributed by atoms with Crippen LogP contribution in [0.3, 0.4) is 0 Å². The number of carbonyl (C=O) groups is 2. The van der Waals surface area contributed by atoms with E-state index in [1.54, 1.807) is 11.0 Å². The van der Waals surface area contributed by atoms with Gasteiger partial charge in [0.2, 0.25) is 11.8 Å². The molecule has 0 bridgehead atoms. The van der Waals surface area contributed by atoms with Crippen molar-refractivity contribution in [1.29, 1.82) is 0 Å². The summed E-state index contributed by atoms with van der Waals surface area (Å²) in [6.07, 6.45) is 4.23. The molecule has 1 amide bonds. The summed E-state index contributed by atoms with van der Waals surface area (Å²) in [5.74, 6) is 2.62. The van der Waals surface area contributed by atoms with Gasteiger partial charge >= 0.3 is 5.97 Å². The SMILES string of the molecule is C[C@H]1C[C@H]1c1ccc(/C=C2\N=C(c3ccc(N4CCCC4=O)cc3)OC2=O)o1. The summed E-state index contributed by atoms with van der Waals surface area (Å²) in [4.78, 5) is 30.1. The zero-order valence-corrected chi connectivity index (χ0v) is 15.6. The van der Waals surface area contributed by atoms with Crippen LogP contribution in [0.25, 0.3) is 6.08 Å². The van der Waals surface area contributed by atoms with E-state index in [4.69, 9.17) is 9.15 Å². The molecule has 1 aromatic carbocycles. The summed E-state index contributed by atoms with van der Waals surface area (Å²) >= 11 is 0. The molecule has 142 valence electrons. The number of aliphatic imine (C=N–C) groups is 1. The fourth-order valence-corrected chi connectivity index (χ4v) is 3.74. The monoisotopic (exact) mass is 376 g/mol. The van der Waals surface area contributed by atoms with Crippen LogP contribution in [-0.4, -0.2) is 24.3 Å². The van der Waals surface area contributed by atoms with Crippen molar-refractivity contribution in [3.8, 4) is 0 Å². The van der Waals surface area contributed by atoms with Gasteiger partial charge in [0.1, 0.15) is 11.5 Å². The minimum atomic E-state index is -0.494. The molecule has 1 saturated carbocycles. The minimum Gasteiger partial charge on any atom is -0.461 e. The highest BCUT2D eigenvalue weighted by Crippen LogP contribution is 2.47. The third-order valence-electron chi connectivity index (χ3n) is 5.52. The molecule has 0 spiro atoms. The van der Waals surface area contributed by atoms with Gasteiger partial charge in [0.15, 0.2) is 5.70 Å². The van der Waals surface area contributed by atoms with Gasteiger partial charge in [-0.3, -0.25) is 4.79 Å². The molecule has 6 heteroatoms. The number of esters is 1. The summed E-state index contributed by atoms with van der Waals surface area (Å²) in [6.45, 7) is 2.94. The maximum Gasteiger partial charge on any atom is 0.363 e. The van der Waals surface area contributed by atoms with E-state index in [9.17, 15) is 9.59 Å². The Hall–Kier alpha value is -3.15. The van der Waals surface area contributed by atoms with Gasteiger partial charge in [0.25, 0.3) is 0 Å². The van der Waals surface area contributed by atoms with Crippen LogP contribution in [-0.2, 0) is 14.3 Å². The van der Waals surface area contributed by atoms with Gasteiger partial charge in [-0.2, -0.15) is 0 Å². The maximum atomic E-state index is 12.2. The largest absolute Gasteiger partial charge is 0.461 e. The normalized spacial score (nSPS) is 25.4. The quantitative estimate of drug-likeness (QED) is 0.600. The number of benzene rings is 1. The van der Waals surface area contributed by atoms with Gasteiger partial charge in [-0.05, 0) is 55.2 Å². The molecular weight excluding hydrogens is 356 g/mol. The molecule has 0 N–H and O–H groups in total. The highest BCUT2D eigenvalue weighted by molar-refractivity contribution is 6.13. The van der Waals surface area contributed by atoms with Crippen LogP contribution in [0.5, 0.6) is 0 Å². The van der Waals surface area contributed by atoms with E-state index in [-0.39, 0.29) is 17.5 Å². The molecule has 1 saturated heterocycles. The van der Waals surface area contributed by atoms with Gasteiger partial charge in [-0.25, -0.2) is 9.79 Å². The summed E-state index contributed by atoms with van der Waals surface area (Å²) in [6, 6.07) is 11.2. The lowest BCUT2D eigenvalue weighted by Gasteiger charge is -2.15. The summed E-state index contributed by atoms with van der Waals surface area (Å²) < 4.78 is 11.1. The average Bonchev–Trinajstić information content (AvgIpc) is 3.07. The molecule has 1 aromatic heterocycles. The number of hydrogen-bond donors (Lipinski definition) is 0. The Morgan fingerprint density at radius 1 is 1.14 bits per heavy atom. The van der Waals surface area contributed by atoms with Crippen molar-refractivity contribution in [2.24, 2.45) is 10.9 Å². The van der Waals surface area contributed by atoms with E-state index in [0.717, 1.165) is 30.8 Å². The maximum absolute atomic E-state index is 12.2. The first-order chi connectivity index (χ1) is 13.6. The number of furan rings is 1. The second kappa shape index (κ2) is 6.48. The van der Waals surface area contributed by atoms with Gasteiger partial charge < -0.3 is 14.1 Å². The lowest BCUT2D eigenvalue weighted by atomic mass is 10.2. The zero-order chi connectivity index (χ0) is 19.3. The van der Waals surface area contributed by atoms with Crippen LogP contribution in [0, 0.1) is 5.92 Å². The number of hydrogen-bond acceptors (Lipinski definition) is 5. The summed E-state index contributed by atoms with van der Waals surface area (Å²) in [5, 5.41) is 0. The number of nitrogens with zero attached hydrogens (tertiary/aromatic N) is 2. The second-order valence-corrected chi connectivity index (χ2v) is 7.59. The first-order valence-corrected chi connectivity index (χ1v) is 9.61. The third kappa shape index (κ3) is 3.05. The Kier molecular flexibility index (Phi) is 3.93. The first-order valence-electron chi connectivity index (χ1n) is 9.61. The molecule has 0 radical (unpaired) electrons. The fourth-order valence-electron chi connectivity index (χ4n) is 3.74. The molecule has 28 heavy (non-hydrogen) atoms. The molecule has 5 rings (SSSR count). The predicted molar refractivity (Wildman–Crippen MR) is 104 cm³/mol. The number of cyclic esters (lactones) is 1. The Bertz CT molecular complexity index is 1020. The van der Waals surface area contributed by atoms with Crippen molar-refractivity contribution < 1.29 is 18.7 Å². The third-order valence-corrected chi connectivity index (χ3v) is 5.52. The van der Waals surface area contributed by atoms with E-state index < -0.39 is 5.97 Å². The van der Waals surface area contributed by atoms with Crippen molar-refractivity contribution in [3.63, 3.8) is 0 Å². The molecule has 2 aromatic rings. The molecule has 3 heterocycles. The summed E-state index contributed by atoms with van der Waals surface area (Å²) in [5.41, 5.74) is 1.77. The molecule has 2 atom stereocenters. The van der Waals surface area contributed by atoms with Crippen molar-refractivity contribution in [1.82, 2.24) is 0 Å². The Morgan fingerprint density at radius 2 is 1.93 bits per heavy atom. The smallest absolute Gasteiger partial charge is 0.363 e. The van der Waals surface area contributed by atoms with Crippen LogP contribution < -0.4 is 4.90 Å². The van der Waals surface area contributed by atoms with E-state index in [1.165, 1.54) is 0 Å². The van der Waals surface area contributed by atoms with E-state index >= 15 is 0 Å². The van der Waals surface area contributed by atoms with E-state index in [0.29, 0.717) is 29.6 Å². The van der Waals surface area contributed by atoms with Crippen molar-refractivity contribution >= 4 is 29.5 Å². The van der Waals surface area contributed by atoms with Crippen LogP contribution in [0.15, 0.2) is 51.5 Å². The Balaban J connectivity index is 1.35. The lowest BCUT2D eigenvalue weighted by molar-refractivity contribution is -0.130. The molecule has 0 unspecified atom stereocenters. The van der Waals surface area contributed by atoms with Gasteiger partial charge in [0.05, 0.1) is 0 Å². The minimum absolute atomic E-state index is 0.140. The highest BCUT2D eigenvalue weighted by Gasteiger charge is 2.36. The van der Waals surface area contributed by atoms with Crippen LogP contribution in [0.2, 0.25) is 0 Å². The number of carbonyl (C=O) groups excluding carboxylic acids is 2. The van der Waals surface area contributed by atoms with Crippen LogP contribution in [0.4, 0.5) is 5.69 Å². The number of ether oxygens (including phenoxy) is 1. The topological polar surface area (TPSA) is 72.1 Å². The van der Waals surface area contributed by atoms with Crippen molar-refractivity contribution in [2.45, 2.75) is 32.1 Å². The van der Waals surface area contributed by atoms with E-state index in [2.05, 4.69) is 11.9 Å². The second-order valence-electron chi connectivity index (χ2n) is 7.59. The van der Waals surface area contributed by atoms with Crippen LogP contribution in [0.1, 0.15) is 49.2 Å². The molecule has 2 fully saturated rings. The molecule has 1 aliphatic carbocycles. The zero-order valence-electron chi connectivity index (χ0n) is 15.6. The molecule has 2 aliphatic heterocycles. The van der Waals surface area contributed by atoms with Gasteiger partial charge in [-0.1, -0.05) is 6.92 Å². The predicted octanol–water partition coefficient (Wildman–Crippen LogP) is 3.87. The Labute approximate surface area is 162 Å². The van der Waals surface area contributed by atoms with Gasteiger partial charge in [0, 0.05) is 36.2 Å². The van der Waals surface area contributed by atoms with E-state index in [1.807, 2.05) is 36.4 Å². The standard InChI is InChI=1S/C22H20N2O4/c1-13-11-17(13)19-9-8-16(27-19)12-18-22(26)28-21(23-18)14-4-6-15(7-5-14)24-10-2-3-20(24)25/h4-9,12-13,17H,2-3,10-11H2,1H3/b18-12-/t13-,17+/m0/s1. The number of rotatable bonds is 4. The highest BCUT2D eigenvalue weighted by atomic mass is 16.6. The van der Waals surface area contributed by atoms with Crippen molar-refractivity contribution in [3.05, 3.63) is 59.2 Å². The fraction of sp³-hybridized carbons (Fsp3) is 0.318. The number of anilines is 1. The summed E-state index contributed by atoms with van der Waals surface area (Å²) in [7, 11) is 0. The number of amides is 1. The average molecular weight is 376 g/mol. The first kappa shape index (κ1) is 17.0. The van der Waals surface area contributed by atoms with Crippen LogP contribution >= 0.6 is 0 Å².